The average molecular weight is 687 g/mol. The zero-order valence-corrected chi connectivity index (χ0v) is 34.3. The van der Waals surface area contributed by atoms with Gasteiger partial charge in [-0.1, -0.05) is 86.8 Å². The van der Waals surface area contributed by atoms with E-state index in [0.717, 1.165) is 12.8 Å². The number of aryl methyl sites for hydroxylation is 9. The Labute approximate surface area is 311 Å². The second kappa shape index (κ2) is 17.2. The molecule has 0 fully saturated rings. The van der Waals surface area contributed by atoms with Crippen LogP contribution in [-0.4, -0.2) is 11.6 Å². The van der Waals surface area contributed by atoms with Gasteiger partial charge in [-0.25, -0.2) is 0 Å². The molecule has 2 atom stereocenters. The fourth-order valence-corrected chi connectivity index (χ4v) is 8.27. The van der Waals surface area contributed by atoms with Gasteiger partial charge in [0.25, 0.3) is 0 Å². The van der Waals surface area contributed by atoms with Crippen molar-refractivity contribution in [1.82, 2.24) is 0 Å². The summed E-state index contributed by atoms with van der Waals surface area (Å²) in [6, 6.07) is 22.3. The Bertz CT molecular complexity index is 1830. The molecule has 4 aromatic rings. The Morgan fingerprint density at radius 3 is 1.76 bits per heavy atom. The topological polar surface area (TPSA) is 26.3 Å². The molecule has 5 rings (SSSR count). The maximum absolute atomic E-state index is 10.6. The monoisotopic (exact) mass is 687 g/mol. The molecule has 6 bridgehead atoms. The van der Waals surface area contributed by atoms with E-state index >= 15 is 0 Å². The summed E-state index contributed by atoms with van der Waals surface area (Å²) in [5.74, 6) is 0.697. The van der Waals surface area contributed by atoms with Crippen LogP contribution in [0.3, 0.4) is 0 Å². The van der Waals surface area contributed by atoms with Gasteiger partial charge in [0.2, 0.25) is 0 Å². The summed E-state index contributed by atoms with van der Waals surface area (Å²) < 4.78 is 4.95. The SMILES string of the molecule is CCC(=O)OC(C)(C)C.CCCC1c2cc(c(C)cc2C)Cc2cc(c(C)cc2C)CCCCC(c2ccc(C)cc2C)c2cc1c(C)cc2C. The molecular formula is C49H66O2. The number of esters is 1. The number of carbonyl (C=O) groups excluding carboxylic acids is 1. The van der Waals surface area contributed by atoms with Crippen LogP contribution in [-0.2, 0) is 22.4 Å². The molecule has 0 aliphatic heterocycles. The molecule has 4 aromatic carbocycles. The van der Waals surface area contributed by atoms with E-state index in [2.05, 4.69) is 117 Å². The molecule has 0 saturated heterocycles. The van der Waals surface area contributed by atoms with Crippen molar-refractivity contribution in [2.24, 2.45) is 0 Å². The highest BCUT2D eigenvalue weighted by Crippen LogP contribution is 2.41. The van der Waals surface area contributed by atoms with Crippen LogP contribution in [0.5, 0.6) is 0 Å². The minimum absolute atomic E-state index is 0.137. The van der Waals surface area contributed by atoms with Crippen LogP contribution in [0.4, 0.5) is 0 Å². The molecule has 2 nitrogen and oxygen atoms in total. The molecule has 1 aliphatic rings. The Hall–Kier alpha value is -3.65. The highest BCUT2D eigenvalue weighted by atomic mass is 16.6. The first-order chi connectivity index (χ1) is 24.0. The van der Waals surface area contributed by atoms with Crippen LogP contribution < -0.4 is 0 Å². The standard InChI is InChI=1S/C42H52.C7H14O2/c1-10-13-38-40-24-36(29(5)20-31(40)7)23-35-22-34(27(3)19-28(35)4)14-11-12-15-39(37-17-16-26(2)18-30(37)6)42-25-41(38)32(8)21-33(42)9;1-5-6(8)9-7(2,3)4/h16-22,24-25,38-39H,10-15,23H2,1-9H3;5H2,1-4H3. The van der Waals surface area contributed by atoms with Crippen LogP contribution in [0.15, 0.2) is 54.6 Å². The van der Waals surface area contributed by atoms with Crippen LogP contribution >= 0.6 is 0 Å². The maximum atomic E-state index is 10.6. The van der Waals surface area contributed by atoms with Gasteiger partial charge in [0.15, 0.2) is 0 Å². The number of benzene rings is 4. The average Bonchev–Trinajstić information content (AvgIpc) is 3.03. The van der Waals surface area contributed by atoms with Gasteiger partial charge in [0, 0.05) is 18.3 Å². The first-order valence-electron chi connectivity index (χ1n) is 19.6. The van der Waals surface area contributed by atoms with Crippen molar-refractivity contribution in [3.63, 3.8) is 0 Å². The second-order valence-electron chi connectivity index (χ2n) is 16.5. The molecule has 1 aliphatic carbocycles. The maximum Gasteiger partial charge on any atom is 0.306 e. The van der Waals surface area contributed by atoms with Gasteiger partial charge in [0.1, 0.15) is 5.60 Å². The molecule has 0 spiro atoms. The Morgan fingerprint density at radius 1 is 0.627 bits per heavy atom. The molecule has 0 radical (unpaired) electrons. The quantitative estimate of drug-likeness (QED) is 0.200. The minimum Gasteiger partial charge on any atom is -0.460 e. The Morgan fingerprint density at radius 2 is 1.18 bits per heavy atom. The summed E-state index contributed by atoms with van der Waals surface area (Å²) in [5.41, 5.74) is 21.7. The molecule has 51 heavy (non-hydrogen) atoms. The van der Waals surface area contributed by atoms with E-state index in [0.29, 0.717) is 18.3 Å². The number of ether oxygens (including phenoxy) is 1. The molecule has 0 N–H and O–H groups in total. The lowest BCUT2D eigenvalue weighted by atomic mass is 9.76. The van der Waals surface area contributed by atoms with Crippen molar-refractivity contribution in [2.75, 3.05) is 0 Å². The van der Waals surface area contributed by atoms with Crippen molar-refractivity contribution < 1.29 is 9.53 Å². The second-order valence-corrected chi connectivity index (χ2v) is 16.5. The third kappa shape index (κ3) is 10.2. The summed E-state index contributed by atoms with van der Waals surface area (Å²) in [4.78, 5) is 10.6. The van der Waals surface area contributed by atoms with Gasteiger partial charge < -0.3 is 4.74 Å². The number of fused-ring (bicyclic) bond motifs is 6. The van der Waals surface area contributed by atoms with E-state index in [1.165, 1.54) is 116 Å². The zero-order chi connectivity index (χ0) is 37.6. The predicted octanol–water partition coefficient (Wildman–Crippen LogP) is 13.3. The summed E-state index contributed by atoms with van der Waals surface area (Å²) in [6.45, 7) is 28.2. The first kappa shape index (κ1) is 40.1. The first-order valence-corrected chi connectivity index (χ1v) is 19.6. The van der Waals surface area contributed by atoms with E-state index in [9.17, 15) is 4.79 Å². The number of rotatable bonds is 4. The fraction of sp³-hybridized carbons (Fsp3) is 0.490. The molecule has 2 unspecified atom stereocenters. The molecule has 0 saturated carbocycles. The van der Waals surface area contributed by atoms with Crippen molar-refractivity contribution in [3.05, 3.63) is 138 Å². The summed E-state index contributed by atoms with van der Waals surface area (Å²) in [6.07, 6.45) is 8.64. The predicted molar refractivity (Wildman–Crippen MR) is 219 cm³/mol. The van der Waals surface area contributed by atoms with Crippen molar-refractivity contribution in [3.8, 4) is 0 Å². The van der Waals surface area contributed by atoms with E-state index in [1.807, 2.05) is 20.8 Å². The van der Waals surface area contributed by atoms with Gasteiger partial charge in [0.05, 0.1) is 0 Å². The smallest absolute Gasteiger partial charge is 0.306 e. The third-order valence-corrected chi connectivity index (χ3v) is 11.0. The molecule has 2 heteroatoms. The van der Waals surface area contributed by atoms with Gasteiger partial charge in [-0.05, 0) is 186 Å². The lowest BCUT2D eigenvalue weighted by molar-refractivity contribution is -0.154. The van der Waals surface area contributed by atoms with E-state index < -0.39 is 0 Å². The van der Waals surface area contributed by atoms with E-state index in [-0.39, 0.29) is 11.6 Å². The van der Waals surface area contributed by atoms with Crippen LogP contribution in [0, 0.1) is 55.4 Å². The molecular weight excluding hydrogens is 621 g/mol. The van der Waals surface area contributed by atoms with Gasteiger partial charge >= 0.3 is 5.97 Å². The number of carbonyl (C=O) groups is 1. The highest BCUT2D eigenvalue weighted by molar-refractivity contribution is 5.69. The van der Waals surface area contributed by atoms with Gasteiger partial charge in [-0.15, -0.1) is 0 Å². The lowest BCUT2D eigenvalue weighted by Gasteiger charge is -2.28. The normalized spacial score (nSPS) is 16.3. The molecule has 0 heterocycles. The molecule has 0 amide bonds. The summed E-state index contributed by atoms with van der Waals surface area (Å²) in [5, 5.41) is 0. The highest BCUT2D eigenvalue weighted by Gasteiger charge is 2.25. The largest absolute Gasteiger partial charge is 0.460 e. The summed E-state index contributed by atoms with van der Waals surface area (Å²) in [7, 11) is 0. The van der Waals surface area contributed by atoms with Crippen molar-refractivity contribution >= 4 is 5.97 Å². The van der Waals surface area contributed by atoms with Crippen molar-refractivity contribution in [1.29, 1.82) is 0 Å². The molecule has 274 valence electrons. The molecule has 0 aromatic heterocycles. The lowest BCUT2D eigenvalue weighted by Crippen LogP contribution is -2.23. The van der Waals surface area contributed by atoms with Crippen LogP contribution in [0.1, 0.15) is 168 Å². The van der Waals surface area contributed by atoms with Gasteiger partial charge in [-0.2, -0.15) is 0 Å². The van der Waals surface area contributed by atoms with Gasteiger partial charge in [-0.3, -0.25) is 4.79 Å². The Kier molecular flexibility index (Phi) is 13.6. The summed E-state index contributed by atoms with van der Waals surface area (Å²) >= 11 is 0. The van der Waals surface area contributed by atoms with Crippen molar-refractivity contribution in [2.45, 2.75) is 159 Å². The third-order valence-electron chi connectivity index (χ3n) is 11.0. The zero-order valence-electron chi connectivity index (χ0n) is 34.3. The minimum atomic E-state index is -0.326. The number of hydrogen-bond donors (Lipinski definition) is 0. The van der Waals surface area contributed by atoms with Crippen LogP contribution in [0.25, 0.3) is 0 Å². The number of hydrogen-bond acceptors (Lipinski definition) is 2. The van der Waals surface area contributed by atoms with E-state index in [1.54, 1.807) is 6.92 Å². The fourth-order valence-electron chi connectivity index (χ4n) is 8.27. The van der Waals surface area contributed by atoms with E-state index in [4.69, 9.17) is 4.74 Å². The Balaban J connectivity index is 0.000000573. The van der Waals surface area contributed by atoms with Crippen LogP contribution in [0.2, 0.25) is 0 Å².